The van der Waals surface area contributed by atoms with E-state index in [1.54, 1.807) is 11.4 Å². The monoisotopic (exact) mass is 299 g/mol. The Kier molecular flexibility index (Phi) is 6.13. The second kappa shape index (κ2) is 7.61. The van der Waals surface area contributed by atoms with Crippen LogP contribution < -0.4 is 10.6 Å². The summed E-state index contributed by atoms with van der Waals surface area (Å²) in [5.41, 5.74) is 0.273. The lowest BCUT2D eigenvalue weighted by molar-refractivity contribution is -0.136. The standard InChI is InChI=1S/C12H17N3O4S/c1-15(2)6-5-13-10(16)11(17)14-8-4-7-20-9(8)12(18)19-3/h4,7H,5-6H2,1-3H3,(H,13,16)(H,14,17). The highest BCUT2D eigenvalue weighted by Gasteiger charge is 2.19. The SMILES string of the molecule is COC(=O)c1sccc1NC(=O)C(=O)NCCN(C)C. The zero-order chi connectivity index (χ0) is 15.1. The van der Waals surface area contributed by atoms with E-state index in [4.69, 9.17) is 0 Å². The second-order valence-corrected chi connectivity index (χ2v) is 5.08. The van der Waals surface area contributed by atoms with Crippen LogP contribution in [0.4, 0.5) is 5.69 Å². The van der Waals surface area contributed by atoms with Crippen molar-refractivity contribution in [3.63, 3.8) is 0 Å². The Morgan fingerprint density at radius 3 is 2.60 bits per heavy atom. The van der Waals surface area contributed by atoms with Crippen molar-refractivity contribution >= 4 is 34.8 Å². The fourth-order valence-corrected chi connectivity index (χ4v) is 2.08. The summed E-state index contributed by atoms with van der Waals surface area (Å²) < 4.78 is 4.58. The van der Waals surface area contributed by atoms with Crippen molar-refractivity contribution < 1.29 is 19.1 Å². The number of nitrogens with zero attached hydrogens (tertiary/aromatic N) is 1. The maximum Gasteiger partial charge on any atom is 0.350 e. The number of esters is 1. The van der Waals surface area contributed by atoms with Crippen molar-refractivity contribution in [3.05, 3.63) is 16.3 Å². The van der Waals surface area contributed by atoms with Gasteiger partial charge in [-0.25, -0.2) is 4.79 Å². The number of thiophene rings is 1. The number of nitrogens with one attached hydrogen (secondary N) is 2. The number of anilines is 1. The number of hydrogen-bond donors (Lipinski definition) is 2. The molecule has 0 atom stereocenters. The van der Waals surface area contributed by atoms with Crippen molar-refractivity contribution in [1.82, 2.24) is 10.2 Å². The molecule has 0 bridgehead atoms. The lowest BCUT2D eigenvalue weighted by Crippen LogP contribution is -2.38. The fourth-order valence-electron chi connectivity index (χ4n) is 1.31. The first-order chi connectivity index (χ1) is 9.45. The highest BCUT2D eigenvalue weighted by Crippen LogP contribution is 2.22. The van der Waals surface area contributed by atoms with E-state index in [1.807, 2.05) is 19.0 Å². The third-order valence-corrected chi connectivity index (χ3v) is 3.23. The minimum Gasteiger partial charge on any atom is -0.465 e. The van der Waals surface area contributed by atoms with Gasteiger partial charge in [0.05, 0.1) is 12.8 Å². The molecule has 0 aliphatic rings. The van der Waals surface area contributed by atoms with Crippen LogP contribution in [0.25, 0.3) is 0 Å². The van der Waals surface area contributed by atoms with Crippen molar-refractivity contribution in [1.29, 1.82) is 0 Å². The maximum absolute atomic E-state index is 11.7. The third-order valence-electron chi connectivity index (χ3n) is 2.34. The van der Waals surface area contributed by atoms with Gasteiger partial charge in [-0.05, 0) is 25.5 Å². The van der Waals surface area contributed by atoms with Gasteiger partial charge >= 0.3 is 17.8 Å². The molecule has 0 aliphatic heterocycles. The van der Waals surface area contributed by atoms with E-state index in [-0.39, 0.29) is 10.6 Å². The predicted octanol–water partition coefficient (Wildman–Crippen LogP) is 0.151. The molecule has 1 aromatic heterocycles. The van der Waals surface area contributed by atoms with Crippen molar-refractivity contribution in [2.45, 2.75) is 0 Å². The van der Waals surface area contributed by atoms with Crippen molar-refractivity contribution in [3.8, 4) is 0 Å². The molecule has 0 saturated heterocycles. The zero-order valence-electron chi connectivity index (χ0n) is 11.6. The summed E-state index contributed by atoms with van der Waals surface area (Å²) in [5, 5.41) is 6.50. The Labute approximate surface area is 120 Å². The number of methoxy groups -OCH3 is 1. The summed E-state index contributed by atoms with van der Waals surface area (Å²) in [6.45, 7) is 0.998. The van der Waals surface area contributed by atoms with Gasteiger partial charge in [0.25, 0.3) is 0 Å². The first-order valence-corrected chi connectivity index (χ1v) is 6.73. The van der Waals surface area contributed by atoms with Gasteiger partial charge in [0.1, 0.15) is 4.88 Å². The highest BCUT2D eigenvalue weighted by atomic mass is 32.1. The number of hydrogen-bond acceptors (Lipinski definition) is 6. The Balaban J connectivity index is 2.56. The van der Waals surface area contributed by atoms with Gasteiger partial charge in [0, 0.05) is 13.1 Å². The van der Waals surface area contributed by atoms with E-state index >= 15 is 0 Å². The summed E-state index contributed by atoms with van der Waals surface area (Å²) in [7, 11) is 4.97. The quantitative estimate of drug-likeness (QED) is 0.597. The Hall–Kier alpha value is -1.93. The van der Waals surface area contributed by atoms with Gasteiger partial charge in [-0.1, -0.05) is 0 Å². The number of amides is 2. The Morgan fingerprint density at radius 2 is 2.00 bits per heavy atom. The summed E-state index contributed by atoms with van der Waals surface area (Å²) >= 11 is 1.13. The molecule has 0 aromatic carbocycles. The Bertz CT molecular complexity index is 499. The first-order valence-electron chi connectivity index (χ1n) is 5.85. The lowest BCUT2D eigenvalue weighted by atomic mass is 10.3. The van der Waals surface area contributed by atoms with Crippen LogP contribution in [0.2, 0.25) is 0 Å². The van der Waals surface area contributed by atoms with Crippen LogP contribution in [0.1, 0.15) is 9.67 Å². The zero-order valence-corrected chi connectivity index (χ0v) is 12.4. The van der Waals surface area contributed by atoms with E-state index in [2.05, 4.69) is 15.4 Å². The van der Waals surface area contributed by atoms with Gasteiger partial charge in [0.2, 0.25) is 0 Å². The van der Waals surface area contributed by atoms with Crippen LogP contribution in [-0.2, 0) is 14.3 Å². The minimum absolute atomic E-state index is 0.252. The molecule has 0 fully saturated rings. The largest absolute Gasteiger partial charge is 0.465 e. The molecule has 110 valence electrons. The molecule has 0 saturated carbocycles. The van der Waals surface area contributed by atoms with Crippen LogP contribution in [0.3, 0.4) is 0 Å². The smallest absolute Gasteiger partial charge is 0.350 e. The number of rotatable bonds is 5. The van der Waals surface area contributed by atoms with E-state index in [9.17, 15) is 14.4 Å². The minimum atomic E-state index is -0.813. The van der Waals surface area contributed by atoms with Crippen LogP contribution in [0.15, 0.2) is 11.4 Å². The lowest BCUT2D eigenvalue weighted by Gasteiger charge is -2.10. The summed E-state index contributed by atoms with van der Waals surface area (Å²) in [4.78, 5) is 36.8. The van der Waals surface area contributed by atoms with E-state index in [0.717, 1.165) is 11.3 Å². The number of carbonyl (C=O) groups excluding carboxylic acids is 3. The van der Waals surface area contributed by atoms with Crippen LogP contribution in [0.5, 0.6) is 0 Å². The molecule has 2 amide bonds. The molecular formula is C12H17N3O4S. The molecule has 8 heteroatoms. The van der Waals surface area contributed by atoms with E-state index in [0.29, 0.717) is 13.1 Å². The fraction of sp³-hybridized carbons (Fsp3) is 0.417. The molecule has 0 aliphatic carbocycles. The molecule has 7 nitrogen and oxygen atoms in total. The molecule has 0 radical (unpaired) electrons. The molecule has 1 rings (SSSR count). The van der Waals surface area contributed by atoms with Crippen molar-refractivity contribution in [2.24, 2.45) is 0 Å². The number of likely N-dealkylation sites (N-methyl/N-ethyl adjacent to an activating group) is 1. The molecule has 1 heterocycles. The van der Waals surface area contributed by atoms with E-state index in [1.165, 1.54) is 7.11 Å². The summed E-state index contributed by atoms with van der Waals surface area (Å²) in [6, 6.07) is 1.54. The topological polar surface area (TPSA) is 87.7 Å². The average molecular weight is 299 g/mol. The molecule has 0 unspecified atom stereocenters. The normalized spacial score (nSPS) is 10.2. The molecule has 2 N–H and O–H groups in total. The van der Waals surface area contributed by atoms with Gasteiger partial charge in [-0.15, -0.1) is 11.3 Å². The van der Waals surface area contributed by atoms with Gasteiger partial charge < -0.3 is 20.3 Å². The molecule has 20 heavy (non-hydrogen) atoms. The summed E-state index contributed by atoms with van der Waals surface area (Å²) in [5.74, 6) is -2.11. The first kappa shape index (κ1) is 16.1. The maximum atomic E-state index is 11.7. The van der Waals surface area contributed by atoms with Crippen LogP contribution >= 0.6 is 11.3 Å². The molecular weight excluding hydrogens is 282 g/mol. The van der Waals surface area contributed by atoms with Crippen LogP contribution in [0, 0.1) is 0 Å². The Morgan fingerprint density at radius 1 is 1.30 bits per heavy atom. The van der Waals surface area contributed by atoms with Crippen LogP contribution in [-0.4, -0.2) is 57.0 Å². The highest BCUT2D eigenvalue weighted by molar-refractivity contribution is 7.12. The number of ether oxygens (including phenoxy) is 1. The van der Waals surface area contributed by atoms with Gasteiger partial charge in [-0.3, -0.25) is 9.59 Å². The number of carbonyl (C=O) groups is 3. The van der Waals surface area contributed by atoms with Gasteiger partial charge in [-0.2, -0.15) is 0 Å². The predicted molar refractivity (Wildman–Crippen MR) is 75.9 cm³/mol. The molecule has 0 spiro atoms. The molecule has 1 aromatic rings. The average Bonchev–Trinajstić information content (AvgIpc) is 2.85. The summed E-state index contributed by atoms with van der Waals surface area (Å²) in [6.07, 6.45) is 0. The van der Waals surface area contributed by atoms with Gasteiger partial charge in [0.15, 0.2) is 0 Å². The van der Waals surface area contributed by atoms with Crippen molar-refractivity contribution in [2.75, 3.05) is 39.6 Å². The third kappa shape index (κ3) is 4.63. The van der Waals surface area contributed by atoms with E-state index < -0.39 is 17.8 Å². The second-order valence-electron chi connectivity index (χ2n) is 4.17.